The van der Waals surface area contributed by atoms with Crippen LogP contribution in [0.1, 0.15) is 22.8 Å². The summed E-state index contributed by atoms with van der Waals surface area (Å²) >= 11 is 3.07. The molecule has 34 heavy (non-hydrogen) atoms. The molecule has 0 radical (unpaired) electrons. The summed E-state index contributed by atoms with van der Waals surface area (Å²) in [6.07, 6.45) is 0.291. The van der Waals surface area contributed by atoms with Crippen molar-refractivity contribution in [3.63, 3.8) is 0 Å². The quantitative estimate of drug-likeness (QED) is 0.382. The second-order valence-corrected chi connectivity index (χ2v) is 10.3. The highest BCUT2D eigenvalue weighted by Gasteiger charge is 2.30. The molecule has 1 aromatic heterocycles. The minimum atomic E-state index is -0.271. The molecular weight excluding hydrogens is 466 g/mol. The molecule has 1 atom stereocenters. The van der Waals surface area contributed by atoms with Gasteiger partial charge in [-0.1, -0.05) is 41.7 Å². The zero-order valence-corrected chi connectivity index (χ0v) is 20.4. The summed E-state index contributed by atoms with van der Waals surface area (Å²) in [7, 11) is 1.63. The second-order valence-electron chi connectivity index (χ2n) is 8.07. The lowest BCUT2D eigenvalue weighted by Gasteiger charge is -2.21. The van der Waals surface area contributed by atoms with Crippen molar-refractivity contribution in [2.45, 2.75) is 23.5 Å². The highest BCUT2D eigenvalue weighted by molar-refractivity contribution is 7.99. The summed E-state index contributed by atoms with van der Waals surface area (Å²) in [6.45, 7) is 1.96. The summed E-state index contributed by atoms with van der Waals surface area (Å²) in [5.41, 5.74) is 3.79. The lowest BCUT2D eigenvalue weighted by Crippen LogP contribution is -2.38. The van der Waals surface area contributed by atoms with Gasteiger partial charge in [-0.2, -0.15) is 0 Å². The van der Waals surface area contributed by atoms with Crippen molar-refractivity contribution < 1.29 is 14.3 Å². The Morgan fingerprint density at radius 3 is 2.74 bits per heavy atom. The Morgan fingerprint density at radius 1 is 1.15 bits per heavy atom. The molecular formula is C26H23N3O3S2. The molecule has 0 spiro atoms. The number of aryl methyl sites for hydroxylation is 1. The van der Waals surface area contributed by atoms with Gasteiger partial charge in [-0.3, -0.25) is 9.59 Å². The van der Waals surface area contributed by atoms with E-state index < -0.39 is 0 Å². The summed E-state index contributed by atoms with van der Waals surface area (Å²) in [5.74, 6) is 0.414. The number of nitrogens with one attached hydrogen (secondary N) is 1. The van der Waals surface area contributed by atoms with E-state index in [2.05, 4.69) is 10.3 Å². The Kier molecular flexibility index (Phi) is 6.26. The number of hydrogen-bond donors (Lipinski definition) is 1. The average Bonchev–Trinajstić information content (AvgIpc) is 3.17. The standard InChI is InChI=1S/C26H23N3O3S2/c1-16-7-12-19-23(13-16)34-26(27-19)28-24(30)15-29-20-5-3-4-6-21(20)33-22(14-25(29)31)17-8-10-18(32-2)11-9-17/h3-13,22H,14-15H2,1-2H3,(H,27,28,30). The van der Waals surface area contributed by atoms with Crippen LogP contribution in [0.5, 0.6) is 5.75 Å². The fraction of sp³-hybridized carbons (Fsp3) is 0.192. The van der Waals surface area contributed by atoms with E-state index in [0.29, 0.717) is 11.6 Å². The van der Waals surface area contributed by atoms with Crippen molar-refractivity contribution in [3.8, 4) is 5.75 Å². The second kappa shape index (κ2) is 9.48. The number of hydrogen-bond acceptors (Lipinski definition) is 6. The van der Waals surface area contributed by atoms with E-state index in [4.69, 9.17) is 4.74 Å². The van der Waals surface area contributed by atoms with Crippen molar-refractivity contribution >= 4 is 55.9 Å². The van der Waals surface area contributed by atoms with Gasteiger partial charge in [-0.25, -0.2) is 4.98 Å². The number of rotatable bonds is 5. The van der Waals surface area contributed by atoms with Gasteiger partial charge in [0.1, 0.15) is 12.3 Å². The number of amides is 2. The highest BCUT2D eigenvalue weighted by atomic mass is 32.2. The van der Waals surface area contributed by atoms with E-state index in [1.54, 1.807) is 23.8 Å². The first-order valence-electron chi connectivity index (χ1n) is 10.9. The Bertz CT molecular complexity index is 1370. The van der Waals surface area contributed by atoms with Crippen LogP contribution in [0.15, 0.2) is 71.6 Å². The first-order chi connectivity index (χ1) is 16.5. The Labute approximate surface area is 206 Å². The fourth-order valence-electron chi connectivity index (χ4n) is 3.94. The van der Waals surface area contributed by atoms with E-state index in [1.807, 2.05) is 73.7 Å². The van der Waals surface area contributed by atoms with Gasteiger partial charge >= 0.3 is 0 Å². The lowest BCUT2D eigenvalue weighted by atomic mass is 10.1. The van der Waals surface area contributed by atoms with E-state index >= 15 is 0 Å². The number of aromatic nitrogens is 1. The number of thioether (sulfide) groups is 1. The van der Waals surface area contributed by atoms with Crippen LogP contribution in [0.3, 0.4) is 0 Å². The number of fused-ring (bicyclic) bond motifs is 2. The van der Waals surface area contributed by atoms with Crippen LogP contribution < -0.4 is 15.0 Å². The van der Waals surface area contributed by atoms with Crippen LogP contribution in [-0.4, -0.2) is 30.5 Å². The van der Waals surface area contributed by atoms with Crippen LogP contribution in [0.4, 0.5) is 10.8 Å². The third-order valence-electron chi connectivity index (χ3n) is 5.67. The maximum Gasteiger partial charge on any atom is 0.246 e. The number of anilines is 2. The van der Waals surface area contributed by atoms with Crippen LogP contribution in [0, 0.1) is 6.92 Å². The van der Waals surface area contributed by atoms with Gasteiger partial charge in [-0.15, -0.1) is 11.8 Å². The monoisotopic (exact) mass is 489 g/mol. The maximum atomic E-state index is 13.3. The molecule has 8 heteroatoms. The van der Waals surface area contributed by atoms with Crippen LogP contribution in [-0.2, 0) is 9.59 Å². The van der Waals surface area contributed by atoms with E-state index in [9.17, 15) is 9.59 Å². The summed E-state index contributed by atoms with van der Waals surface area (Å²) < 4.78 is 6.28. The highest BCUT2D eigenvalue weighted by Crippen LogP contribution is 2.45. The van der Waals surface area contributed by atoms with Gasteiger partial charge < -0.3 is 15.0 Å². The van der Waals surface area contributed by atoms with E-state index in [1.165, 1.54) is 11.3 Å². The third kappa shape index (κ3) is 4.64. The number of methoxy groups -OCH3 is 1. The number of benzene rings is 3. The summed E-state index contributed by atoms with van der Waals surface area (Å²) in [5, 5.41) is 3.36. The predicted octanol–water partition coefficient (Wildman–Crippen LogP) is 5.82. The normalized spacial score (nSPS) is 15.6. The van der Waals surface area contributed by atoms with Crippen LogP contribution >= 0.6 is 23.1 Å². The average molecular weight is 490 g/mol. The molecule has 0 saturated heterocycles. The molecule has 0 aliphatic carbocycles. The Morgan fingerprint density at radius 2 is 1.94 bits per heavy atom. The zero-order chi connectivity index (χ0) is 23.7. The van der Waals surface area contributed by atoms with Gasteiger partial charge in [0.15, 0.2) is 5.13 Å². The Balaban J connectivity index is 1.37. The number of ether oxygens (including phenoxy) is 1. The molecule has 6 nitrogen and oxygen atoms in total. The van der Waals surface area contributed by atoms with Crippen molar-refractivity contribution in [1.82, 2.24) is 4.98 Å². The van der Waals surface area contributed by atoms with Crippen LogP contribution in [0.25, 0.3) is 10.2 Å². The number of carbonyl (C=O) groups excluding carboxylic acids is 2. The first-order valence-corrected chi connectivity index (χ1v) is 12.6. The first kappa shape index (κ1) is 22.4. The van der Waals surface area contributed by atoms with Gasteiger partial charge in [-0.05, 0) is 54.4 Å². The van der Waals surface area contributed by atoms with Gasteiger partial charge in [0, 0.05) is 16.6 Å². The summed E-state index contributed by atoms with van der Waals surface area (Å²) in [6, 6.07) is 21.5. The van der Waals surface area contributed by atoms with Gasteiger partial charge in [0.2, 0.25) is 11.8 Å². The molecule has 3 aromatic carbocycles. The lowest BCUT2D eigenvalue weighted by molar-refractivity contribution is -0.121. The minimum Gasteiger partial charge on any atom is -0.497 e. The molecule has 2 heterocycles. The SMILES string of the molecule is COc1ccc(C2CC(=O)N(CC(=O)Nc3nc4ccc(C)cc4s3)c3ccccc3S2)cc1. The predicted molar refractivity (Wildman–Crippen MR) is 138 cm³/mol. The third-order valence-corrected chi connectivity index (χ3v) is 7.92. The van der Waals surface area contributed by atoms with Crippen molar-refractivity contribution in [1.29, 1.82) is 0 Å². The molecule has 172 valence electrons. The molecule has 1 aliphatic rings. The molecule has 1 N–H and O–H groups in total. The van der Waals surface area contributed by atoms with Gasteiger partial charge in [0.05, 0.1) is 23.0 Å². The topological polar surface area (TPSA) is 71.5 Å². The molecule has 0 fully saturated rings. The maximum absolute atomic E-state index is 13.3. The number of carbonyl (C=O) groups is 2. The molecule has 1 unspecified atom stereocenters. The van der Waals surface area contributed by atoms with Gasteiger partial charge in [0.25, 0.3) is 0 Å². The zero-order valence-electron chi connectivity index (χ0n) is 18.8. The molecule has 2 amide bonds. The van der Waals surface area contributed by atoms with Crippen molar-refractivity contribution in [3.05, 3.63) is 77.9 Å². The number of para-hydroxylation sites is 1. The minimum absolute atomic E-state index is 0.0554. The Hall–Kier alpha value is -3.36. The molecule has 0 bridgehead atoms. The number of nitrogens with zero attached hydrogens (tertiary/aromatic N) is 2. The van der Waals surface area contributed by atoms with Crippen molar-refractivity contribution in [2.24, 2.45) is 0 Å². The summed E-state index contributed by atoms with van der Waals surface area (Å²) in [4.78, 5) is 33.4. The molecule has 4 aromatic rings. The molecule has 1 aliphatic heterocycles. The molecule has 0 saturated carbocycles. The van der Waals surface area contributed by atoms with Crippen LogP contribution in [0.2, 0.25) is 0 Å². The smallest absolute Gasteiger partial charge is 0.246 e. The van der Waals surface area contributed by atoms with E-state index in [-0.39, 0.29) is 23.6 Å². The molecule has 5 rings (SSSR count). The van der Waals surface area contributed by atoms with E-state index in [0.717, 1.165) is 37.7 Å². The van der Waals surface area contributed by atoms with Crippen molar-refractivity contribution in [2.75, 3.05) is 23.9 Å². The number of thiazole rings is 1. The fourth-order valence-corrected chi connectivity index (χ4v) is 6.21. The largest absolute Gasteiger partial charge is 0.497 e.